The van der Waals surface area contributed by atoms with Gasteiger partial charge in [-0.15, -0.1) is 23.2 Å². The number of amides is 4. The van der Waals surface area contributed by atoms with Crippen molar-refractivity contribution in [3.05, 3.63) is 99.3 Å². The average Bonchev–Trinajstić information content (AvgIpc) is 3.39. The van der Waals surface area contributed by atoms with Crippen LogP contribution in [-0.4, -0.2) is 38.5 Å². The SMILES string of the molecule is Cc1cc([C@H]2C3=CC[C@@H]4C(=O)N(c5ccc(Cl)cc5)C(=O)[C@@H]4[C@@H]3C[C@@]3(Cl)C(=O)N(c4c(F)c(F)c(F)c(F)c4F)C(=O)[C@@]23Cl)ccc1O. The lowest BCUT2D eigenvalue weighted by Gasteiger charge is -2.50. The quantitative estimate of drug-likeness (QED) is 0.0800. The van der Waals surface area contributed by atoms with Gasteiger partial charge in [-0.05, 0) is 67.1 Å². The summed E-state index contributed by atoms with van der Waals surface area (Å²) in [5.41, 5.74) is -0.853. The summed E-state index contributed by atoms with van der Waals surface area (Å²) in [7, 11) is 0. The number of rotatable bonds is 3. The van der Waals surface area contributed by atoms with Crippen LogP contribution in [0.2, 0.25) is 5.02 Å². The first-order chi connectivity index (χ1) is 22.6. The van der Waals surface area contributed by atoms with Crippen molar-refractivity contribution < 1.29 is 46.2 Å². The fourth-order valence-corrected chi connectivity index (χ4v) is 8.70. The third-order valence-electron chi connectivity index (χ3n) is 9.86. The van der Waals surface area contributed by atoms with Gasteiger partial charge in [-0.25, -0.2) is 26.9 Å². The number of anilines is 2. The number of alkyl halides is 2. The molecule has 0 aromatic heterocycles. The maximum Gasteiger partial charge on any atom is 0.258 e. The summed E-state index contributed by atoms with van der Waals surface area (Å²) in [6, 6.07) is 9.98. The van der Waals surface area contributed by atoms with Crippen molar-refractivity contribution >= 4 is 69.8 Å². The van der Waals surface area contributed by atoms with E-state index >= 15 is 8.78 Å². The molecule has 3 aromatic rings. The second-order valence-electron chi connectivity index (χ2n) is 12.2. The molecular formula is C33H20Cl3F5N2O5. The van der Waals surface area contributed by atoms with Gasteiger partial charge in [0, 0.05) is 10.9 Å². The Labute approximate surface area is 283 Å². The first-order valence-corrected chi connectivity index (χ1v) is 15.6. The highest BCUT2D eigenvalue weighted by molar-refractivity contribution is 6.58. The molecule has 3 aromatic carbocycles. The highest BCUT2D eigenvalue weighted by atomic mass is 35.5. The molecule has 4 amide bonds. The number of allylic oxidation sites excluding steroid dienone is 2. The Morgan fingerprint density at radius 2 is 1.40 bits per heavy atom. The number of carbonyl (C=O) groups is 4. The van der Waals surface area contributed by atoms with Gasteiger partial charge in [-0.3, -0.25) is 24.1 Å². The standard InChI is InChI=1S/C33H20Cl3F5N2O5/c1-12-10-13(2-9-19(12)44)21-16-7-8-17-20(29(46)42(28(17)45)15-5-3-14(34)4-6-15)18(16)11-32(35)30(47)43(31(48)33(21,32)36)27-25(40)23(38)22(37)24(39)26(27)41/h2-7,9-10,17-18,20-21,44H,8,11H2,1H3/t17-,18+,20-,21-,32+,33-/m0/s1. The van der Waals surface area contributed by atoms with Gasteiger partial charge >= 0.3 is 0 Å². The molecule has 7 rings (SSSR count). The van der Waals surface area contributed by atoms with Crippen LogP contribution in [0.5, 0.6) is 5.75 Å². The monoisotopic (exact) mass is 724 g/mol. The molecule has 3 fully saturated rings. The molecule has 1 saturated carbocycles. The van der Waals surface area contributed by atoms with E-state index in [1.165, 1.54) is 49.4 Å². The molecule has 0 spiro atoms. The molecule has 2 saturated heterocycles. The van der Waals surface area contributed by atoms with E-state index in [-0.39, 0.29) is 28.3 Å². The Bertz CT molecular complexity index is 2020. The van der Waals surface area contributed by atoms with Crippen molar-refractivity contribution in [3.63, 3.8) is 0 Å². The smallest absolute Gasteiger partial charge is 0.258 e. The summed E-state index contributed by atoms with van der Waals surface area (Å²) in [6.07, 6.45) is 0.960. The van der Waals surface area contributed by atoms with E-state index in [1.807, 2.05) is 0 Å². The Morgan fingerprint density at radius 3 is 2.00 bits per heavy atom. The molecule has 0 bridgehead atoms. The number of imide groups is 2. The van der Waals surface area contributed by atoms with Gasteiger partial charge in [0.25, 0.3) is 11.8 Å². The molecule has 0 unspecified atom stereocenters. The van der Waals surface area contributed by atoms with Gasteiger partial charge in [-0.2, -0.15) is 0 Å². The molecule has 4 aliphatic rings. The number of phenolic OH excluding ortho intramolecular Hbond substituents is 1. The fraction of sp³-hybridized carbons (Fsp3) is 0.273. The van der Waals surface area contributed by atoms with Crippen LogP contribution in [0.15, 0.2) is 54.1 Å². The van der Waals surface area contributed by atoms with Crippen molar-refractivity contribution in [2.45, 2.75) is 35.4 Å². The third kappa shape index (κ3) is 4.05. The largest absolute Gasteiger partial charge is 0.508 e. The van der Waals surface area contributed by atoms with E-state index in [2.05, 4.69) is 0 Å². The number of hydrogen-bond acceptors (Lipinski definition) is 5. The van der Waals surface area contributed by atoms with Crippen molar-refractivity contribution in [1.82, 2.24) is 0 Å². The Morgan fingerprint density at radius 1 is 0.792 bits per heavy atom. The molecule has 6 atom stereocenters. The van der Waals surface area contributed by atoms with E-state index in [1.54, 1.807) is 6.08 Å². The first-order valence-electron chi connectivity index (χ1n) is 14.5. The summed E-state index contributed by atoms with van der Waals surface area (Å²) in [5.74, 6) is -21.3. The lowest BCUT2D eigenvalue weighted by molar-refractivity contribution is -0.125. The van der Waals surface area contributed by atoms with Crippen LogP contribution in [-0.2, 0) is 19.2 Å². The van der Waals surface area contributed by atoms with Crippen molar-refractivity contribution in [2.75, 3.05) is 9.80 Å². The second kappa shape index (κ2) is 10.8. The molecule has 7 nitrogen and oxygen atoms in total. The molecule has 15 heteroatoms. The van der Waals surface area contributed by atoms with Crippen LogP contribution in [0.1, 0.15) is 29.9 Å². The molecule has 2 aliphatic carbocycles. The predicted molar refractivity (Wildman–Crippen MR) is 163 cm³/mol. The minimum Gasteiger partial charge on any atom is -0.508 e. The van der Waals surface area contributed by atoms with E-state index in [0.717, 1.165) is 4.90 Å². The number of fused-ring (bicyclic) bond motifs is 4. The second-order valence-corrected chi connectivity index (χ2v) is 13.9. The molecule has 2 aliphatic heterocycles. The maximum absolute atomic E-state index is 15.2. The normalized spacial score (nSPS) is 29.6. The van der Waals surface area contributed by atoms with Gasteiger partial charge < -0.3 is 5.11 Å². The summed E-state index contributed by atoms with van der Waals surface area (Å²) in [6.45, 7) is 1.52. The number of nitrogens with zero attached hydrogens (tertiary/aromatic N) is 2. The number of benzene rings is 3. The maximum atomic E-state index is 15.2. The molecule has 0 radical (unpaired) electrons. The topological polar surface area (TPSA) is 95.0 Å². The van der Waals surface area contributed by atoms with Gasteiger partial charge in [0.1, 0.15) is 11.4 Å². The molecule has 248 valence electrons. The number of carbonyl (C=O) groups excluding carboxylic acids is 4. The van der Waals surface area contributed by atoms with Crippen LogP contribution in [0, 0.1) is 53.8 Å². The van der Waals surface area contributed by atoms with Crippen molar-refractivity contribution in [3.8, 4) is 5.75 Å². The van der Waals surface area contributed by atoms with Gasteiger partial charge in [0.05, 0.1) is 17.5 Å². The number of aryl methyl sites for hydroxylation is 1. The van der Waals surface area contributed by atoms with Crippen molar-refractivity contribution in [2.24, 2.45) is 17.8 Å². The number of phenols is 1. The molecule has 1 N–H and O–H groups in total. The summed E-state index contributed by atoms with van der Waals surface area (Å²) < 4.78 is 73.0. The lowest BCUT2D eigenvalue weighted by atomic mass is 9.56. The Kier molecular flexibility index (Phi) is 7.29. The van der Waals surface area contributed by atoms with Crippen LogP contribution in [0.3, 0.4) is 0 Å². The third-order valence-corrected chi connectivity index (χ3v) is 11.5. The van der Waals surface area contributed by atoms with Crippen molar-refractivity contribution in [1.29, 1.82) is 0 Å². The van der Waals surface area contributed by atoms with Gasteiger partial charge in [0.2, 0.25) is 17.6 Å². The first kappa shape index (κ1) is 32.5. The zero-order chi connectivity index (χ0) is 34.8. The van der Waals surface area contributed by atoms with Crippen LogP contribution in [0.25, 0.3) is 0 Å². The number of halogens is 8. The molecule has 48 heavy (non-hydrogen) atoms. The summed E-state index contributed by atoms with van der Waals surface area (Å²) in [4.78, 5) is 51.7. The highest BCUT2D eigenvalue weighted by Gasteiger charge is 2.77. The number of aromatic hydroxyl groups is 1. The van der Waals surface area contributed by atoms with E-state index in [4.69, 9.17) is 34.8 Å². The number of hydrogen-bond donors (Lipinski definition) is 1. The summed E-state index contributed by atoms with van der Waals surface area (Å²) >= 11 is 20.2. The van der Waals surface area contributed by atoms with Crippen LogP contribution in [0.4, 0.5) is 33.3 Å². The fourth-order valence-electron chi connectivity index (χ4n) is 7.64. The Hall–Kier alpha value is -4.00. The zero-order valence-corrected chi connectivity index (χ0v) is 26.6. The van der Waals surface area contributed by atoms with Crippen LogP contribution < -0.4 is 9.80 Å². The molecular weight excluding hydrogens is 706 g/mol. The van der Waals surface area contributed by atoms with E-state index in [0.29, 0.717) is 16.2 Å². The highest BCUT2D eigenvalue weighted by Crippen LogP contribution is 2.66. The molecule has 2 heterocycles. The van der Waals surface area contributed by atoms with Crippen LogP contribution >= 0.6 is 34.8 Å². The zero-order valence-electron chi connectivity index (χ0n) is 24.3. The predicted octanol–water partition coefficient (Wildman–Crippen LogP) is 6.82. The minimum atomic E-state index is -2.65. The van der Waals surface area contributed by atoms with Gasteiger partial charge in [-0.1, -0.05) is 35.4 Å². The lowest BCUT2D eigenvalue weighted by Crippen LogP contribution is -2.60. The Balaban J connectivity index is 1.43. The summed E-state index contributed by atoms with van der Waals surface area (Å²) in [5, 5.41) is 10.6. The van der Waals surface area contributed by atoms with E-state index < -0.39 is 98.2 Å². The van der Waals surface area contributed by atoms with Gasteiger partial charge in [0.15, 0.2) is 33.0 Å². The average molecular weight is 726 g/mol. The van der Waals surface area contributed by atoms with E-state index in [9.17, 15) is 37.5 Å². The minimum absolute atomic E-state index is 0.00945.